The number of hydrogen-bond donors (Lipinski definition) is 1. The molecule has 0 aromatic heterocycles. The number of methoxy groups -OCH3 is 1. The van der Waals surface area contributed by atoms with Crippen molar-refractivity contribution in [2.45, 2.75) is 26.5 Å². The lowest BCUT2D eigenvalue weighted by Gasteiger charge is -2.16. The van der Waals surface area contributed by atoms with Crippen LogP contribution in [0.15, 0.2) is 34.8 Å². The minimum Gasteiger partial charge on any atom is -0.490 e. The van der Waals surface area contributed by atoms with Crippen molar-refractivity contribution in [3.8, 4) is 11.5 Å². The van der Waals surface area contributed by atoms with Crippen molar-refractivity contribution in [3.05, 3.63) is 56.0 Å². The van der Waals surface area contributed by atoms with Crippen LogP contribution in [0.4, 0.5) is 0 Å². The molecular formula is C20H24BrCl2NO3. The van der Waals surface area contributed by atoms with Gasteiger partial charge >= 0.3 is 0 Å². The lowest BCUT2D eigenvalue weighted by molar-refractivity contribution is 0.194. The van der Waals surface area contributed by atoms with Gasteiger partial charge < -0.3 is 19.5 Å². The summed E-state index contributed by atoms with van der Waals surface area (Å²) in [5.74, 6) is 1.33. The van der Waals surface area contributed by atoms with E-state index >= 15 is 0 Å². The van der Waals surface area contributed by atoms with E-state index in [0.717, 1.165) is 41.7 Å². The average Bonchev–Trinajstić information content (AvgIpc) is 2.64. The number of rotatable bonds is 11. The molecule has 1 N–H and O–H groups in total. The first-order chi connectivity index (χ1) is 13.1. The molecule has 2 aromatic rings. The molecule has 0 saturated heterocycles. The predicted molar refractivity (Wildman–Crippen MR) is 114 cm³/mol. The molecule has 0 saturated carbocycles. The molecule has 0 amide bonds. The highest BCUT2D eigenvalue weighted by Crippen LogP contribution is 2.35. The lowest BCUT2D eigenvalue weighted by Crippen LogP contribution is -2.16. The monoisotopic (exact) mass is 475 g/mol. The zero-order valence-corrected chi connectivity index (χ0v) is 18.6. The average molecular weight is 477 g/mol. The molecule has 0 spiro atoms. The first-order valence-electron chi connectivity index (χ1n) is 8.77. The quantitative estimate of drug-likeness (QED) is 0.412. The van der Waals surface area contributed by atoms with E-state index < -0.39 is 0 Å². The Kier molecular flexibility index (Phi) is 9.73. The van der Waals surface area contributed by atoms with Gasteiger partial charge in [-0.05, 0) is 49.7 Å². The summed E-state index contributed by atoms with van der Waals surface area (Å²) in [4.78, 5) is 0. The van der Waals surface area contributed by atoms with Crippen LogP contribution in [0, 0.1) is 0 Å². The van der Waals surface area contributed by atoms with Gasteiger partial charge in [0.15, 0.2) is 11.5 Å². The Bertz CT molecular complexity index is 723. The molecule has 4 nitrogen and oxygen atoms in total. The second-order valence-electron chi connectivity index (χ2n) is 5.84. The van der Waals surface area contributed by atoms with Crippen molar-refractivity contribution in [1.29, 1.82) is 0 Å². The Hall–Kier alpha value is -0.980. The van der Waals surface area contributed by atoms with E-state index in [1.165, 1.54) is 0 Å². The highest BCUT2D eigenvalue weighted by molar-refractivity contribution is 9.10. The van der Waals surface area contributed by atoms with E-state index in [2.05, 4.69) is 21.2 Å². The Morgan fingerprint density at radius 2 is 1.78 bits per heavy atom. The molecule has 7 heteroatoms. The fourth-order valence-electron chi connectivity index (χ4n) is 2.48. The molecule has 0 radical (unpaired) electrons. The van der Waals surface area contributed by atoms with Crippen molar-refractivity contribution in [2.24, 2.45) is 0 Å². The predicted octanol–water partition coefficient (Wildman–Crippen LogP) is 5.86. The summed E-state index contributed by atoms with van der Waals surface area (Å²) in [6.07, 6.45) is 0.965. The van der Waals surface area contributed by atoms with Crippen molar-refractivity contribution < 1.29 is 14.2 Å². The molecule has 0 aliphatic carbocycles. The highest BCUT2D eigenvalue weighted by atomic mass is 79.9. The summed E-state index contributed by atoms with van der Waals surface area (Å²) in [7, 11) is 1.71. The number of ether oxygens (including phenoxy) is 3. The second-order valence-corrected chi connectivity index (χ2v) is 7.50. The molecule has 0 unspecified atom stereocenters. The summed E-state index contributed by atoms with van der Waals surface area (Å²) in [6, 6.07) is 9.31. The Morgan fingerprint density at radius 3 is 2.44 bits per heavy atom. The van der Waals surface area contributed by atoms with Crippen LogP contribution in [0.5, 0.6) is 11.5 Å². The Balaban J connectivity index is 2.10. The minimum atomic E-state index is 0.264. The molecule has 2 aromatic carbocycles. The largest absolute Gasteiger partial charge is 0.490 e. The van der Waals surface area contributed by atoms with Gasteiger partial charge in [-0.3, -0.25) is 0 Å². The van der Waals surface area contributed by atoms with Gasteiger partial charge in [0.2, 0.25) is 0 Å². The van der Waals surface area contributed by atoms with E-state index in [9.17, 15) is 0 Å². The van der Waals surface area contributed by atoms with E-state index in [1.54, 1.807) is 19.2 Å². The SMILES string of the molecule is CCOc1cc(CNCCCOC)c(Br)cc1OCc1c(Cl)cccc1Cl. The van der Waals surface area contributed by atoms with Crippen molar-refractivity contribution in [1.82, 2.24) is 5.32 Å². The minimum absolute atomic E-state index is 0.264. The topological polar surface area (TPSA) is 39.7 Å². The van der Waals surface area contributed by atoms with Gasteiger partial charge in [-0.1, -0.05) is 45.2 Å². The van der Waals surface area contributed by atoms with Crippen LogP contribution in [-0.2, 0) is 17.9 Å². The number of hydrogen-bond acceptors (Lipinski definition) is 4. The summed E-state index contributed by atoms with van der Waals surface area (Å²) in [6.45, 7) is 5.11. The fraction of sp³-hybridized carbons (Fsp3) is 0.400. The molecule has 0 aliphatic rings. The van der Waals surface area contributed by atoms with Crippen LogP contribution in [0.25, 0.3) is 0 Å². The third-order valence-corrected chi connectivity index (χ3v) is 5.31. The van der Waals surface area contributed by atoms with Crippen LogP contribution in [0.3, 0.4) is 0 Å². The van der Waals surface area contributed by atoms with Crippen molar-refractivity contribution in [3.63, 3.8) is 0 Å². The maximum Gasteiger partial charge on any atom is 0.162 e. The second kappa shape index (κ2) is 11.8. The van der Waals surface area contributed by atoms with Gasteiger partial charge in [0.05, 0.1) is 6.61 Å². The van der Waals surface area contributed by atoms with Gasteiger partial charge in [0, 0.05) is 40.3 Å². The van der Waals surface area contributed by atoms with E-state index in [-0.39, 0.29) is 6.61 Å². The van der Waals surface area contributed by atoms with E-state index in [0.29, 0.717) is 28.2 Å². The van der Waals surface area contributed by atoms with Gasteiger partial charge in [0.25, 0.3) is 0 Å². The fourth-order valence-corrected chi connectivity index (χ4v) is 3.45. The smallest absolute Gasteiger partial charge is 0.162 e. The van der Waals surface area contributed by atoms with Crippen LogP contribution in [-0.4, -0.2) is 26.9 Å². The van der Waals surface area contributed by atoms with Crippen LogP contribution in [0.1, 0.15) is 24.5 Å². The molecule has 0 aliphatic heterocycles. The van der Waals surface area contributed by atoms with Crippen LogP contribution >= 0.6 is 39.1 Å². The van der Waals surface area contributed by atoms with Gasteiger partial charge in [-0.2, -0.15) is 0 Å². The van der Waals surface area contributed by atoms with E-state index in [1.807, 2.05) is 25.1 Å². The third-order valence-electron chi connectivity index (χ3n) is 3.86. The maximum absolute atomic E-state index is 6.22. The summed E-state index contributed by atoms with van der Waals surface area (Å²) in [5, 5.41) is 4.56. The van der Waals surface area contributed by atoms with Gasteiger partial charge in [-0.15, -0.1) is 0 Å². The Morgan fingerprint density at radius 1 is 1.07 bits per heavy atom. The molecular weight excluding hydrogens is 453 g/mol. The van der Waals surface area contributed by atoms with Crippen LogP contribution in [0.2, 0.25) is 10.0 Å². The first kappa shape index (κ1) is 22.3. The number of nitrogens with one attached hydrogen (secondary N) is 1. The third kappa shape index (κ3) is 6.84. The summed E-state index contributed by atoms with van der Waals surface area (Å²) in [5.41, 5.74) is 1.85. The zero-order chi connectivity index (χ0) is 19.6. The van der Waals surface area contributed by atoms with Crippen molar-refractivity contribution in [2.75, 3.05) is 26.9 Å². The summed E-state index contributed by atoms with van der Waals surface area (Å²) < 4.78 is 17.7. The van der Waals surface area contributed by atoms with Crippen molar-refractivity contribution >= 4 is 39.1 Å². The lowest BCUT2D eigenvalue weighted by atomic mass is 10.2. The zero-order valence-electron chi connectivity index (χ0n) is 15.5. The molecule has 0 atom stereocenters. The molecule has 27 heavy (non-hydrogen) atoms. The molecule has 0 fully saturated rings. The molecule has 2 rings (SSSR count). The number of benzene rings is 2. The molecule has 0 bridgehead atoms. The van der Waals surface area contributed by atoms with Gasteiger partial charge in [-0.25, -0.2) is 0 Å². The van der Waals surface area contributed by atoms with Crippen LogP contribution < -0.4 is 14.8 Å². The highest BCUT2D eigenvalue weighted by Gasteiger charge is 2.13. The maximum atomic E-state index is 6.22. The summed E-state index contributed by atoms with van der Waals surface area (Å²) >= 11 is 16.1. The van der Waals surface area contributed by atoms with Gasteiger partial charge in [0.1, 0.15) is 6.61 Å². The standard InChI is InChI=1S/C20H24BrCl2NO3/c1-3-26-19-10-14(12-24-8-5-9-25-2)16(21)11-20(19)27-13-15-17(22)6-4-7-18(15)23/h4,6-7,10-11,24H,3,5,8-9,12-13H2,1-2H3. The Labute approximate surface area is 179 Å². The molecule has 0 heterocycles. The first-order valence-corrected chi connectivity index (χ1v) is 10.3. The number of halogens is 3. The molecule has 148 valence electrons. The van der Waals surface area contributed by atoms with E-state index in [4.69, 9.17) is 37.4 Å². The normalized spacial score (nSPS) is 10.9.